The van der Waals surface area contributed by atoms with E-state index in [4.69, 9.17) is 4.74 Å². The van der Waals surface area contributed by atoms with Crippen LogP contribution in [0, 0.1) is 0 Å². The van der Waals surface area contributed by atoms with Crippen molar-refractivity contribution in [2.24, 2.45) is 0 Å². The number of ether oxygens (including phenoxy) is 1. The summed E-state index contributed by atoms with van der Waals surface area (Å²) in [6.45, 7) is 3.94. The first-order valence-electron chi connectivity index (χ1n) is 11.6. The number of urea groups is 1. The van der Waals surface area contributed by atoms with Gasteiger partial charge in [0, 0.05) is 31.7 Å². The number of benzene rings is 1. The molecule has 8 heteroatoms. The van der Waals surface area contributed by atoms with Crippen LogP contribution >= 0.6 is 0 Å². The van der Waals surface area contributed by atoms with Crippen LogP contribution in [-0.4, -0.2) is 51.1 Å². The number of rotatable bonds is 5. The Bertz CT molecular complexity index is 871. The van der Waals surface area contributed by atoms with Crippen LogP contribution in [0.15, 0.2) is 30.3 Å². The Balaban J connectivity index is 1.10. The lowest BCUT2D eigenvalue weighted by atomic mass is 10.0. The quantitative estimate of drug-likeness (QED) is 0.771. The second-order valence-electron chi connectivity index (χ2n) is 9.02. The summed E-state index contributed by atoms with van der Waals surface area (Å²) in [5.41, 5.74) is 3.28. The Morgan fingerprint density at radius 1 is 1.03 bits per heavy atom. The summed E-state index contributed by atoms with van der Waals surface area (Å²) in [6, 6.07) is 10.9. The van der Waals surface area contributed by atoms with E-state index in [2.05, 4.69) is 38.0 Å². The van der Waals surface area contributed by atoms with Crippen LogP contribution in [0.3, 0.4) is 0 Å². The molecule has 0 radical (unpaired) electrons. The third kappa shape index (κ3) is 4.91. The summed E-state index contributed by atoms with van der Waals surface area (Å²) < 4.78 is 8.12. The molecule has 5 rings (SSSR count). The molecular weight excluding hydrogens is 392 g/mol. The van der Waals surface area contributed by atoms with E-state index in [1.54, 1.807) is 0 Å². The number of hydrogen-bond acceptors (Lipinski definition) is 5. The number of aromatic nitrogens is 3. The monoisotopic (exact) mass is 424 g/mol. The van der Waals surface area contributed by atoms with E-state index in [0.29, 0.717) is 19.2 Å². The summed E-state index contributed by atoms with van der Waals surface area (Å²) in [4.78, 5) is 14.6. The minimum Gasteiger partial charge on any atom is -0.365 e. The van der Waals surface area contributed by atoms with Crippen molar-refractivity contribution in [3.8, 4) is 0 Å². The van der Waals surface area contributed by atoms with Gasteiger partial charge in [-0.15, -0.1) is 5.10 Å². The van der Waals surface area contributed by atoms with Crippen LogP contribution in [0.4, 0.5) is 4.79 Å². The molecule has 3 heterocycles. The molecule has 3 aliphatic rings. The molecule has 2 aliphatic heterocycles. The van der Waals surface area contributed by atoms with Crippen molar-refractivity contribution in [1.29, 1.82) is 0 Å². The molecule has 0 bridgehead atoms. The highest BCUT2D eigenvalue weighted by Gasteiger charge is 2.27. The summed E-state index contributed by atoms with van der Waals surface area (Å²) in [7, 11) is 0. The molecular formula is C23H32N6O2. The minimum atomic E-state index is 0.00263. The smallest absolute Gasteiger partial charge is 0.315 e. The third-order valence-electron chi connectivity index (χ3n) is 6.84. The van der Waals surface area contributed by atoms with Gasteiger partial charge in [-0.3, -0.25) is 4.90 Å². The molecule has 1 saturated heterocycles. The molecule has 1 aliphatic carbocycles. The summed E-state index contributed by atoms with van der Waals surface area (Å²) in [6.07, 6.45) is 6.65. The molecule has 2 amide bonds. The van der Waals surface area contributed by atoms with Crippen molar-refractivity contribution < 1.29 is 9.53 Å². The van der Waals surface area contributed by atoms with E-state index in [1.165, 1.54) is 18.4 Å². The average molecular weight is 425 g/mol. The van der Waals surface area contributed by atoms with E-state index in [0.717, 1.165) is 56.7 Å². The SMILES string of the molecule is O=C(NC1CCCC1)NC1CCN(Cc2nnn3c2COC(c2ccccc2)C3)CC1. The Hall–Kier alpha value is -2.45. The van der Waals surface area contributed by atoms with Gasteiger partial charge in [-0.2, -0.15) is 0 Å². The zero-order valence-electron chi connectivity index (χ0n) is 18.0. The van der Waals surface area contributed by atoms with Crippen LogP contribution in [0.1, 0.15) is 61.6 Å². The second-order valence-corrected chi connectivity index (χ2v) is 9.02. The van der Waals surface area contributed by atoms with Gasteiger partial charge < -0.3 is 15.4 Å². The number of nitrogens with one attached hydrogen (secondary N) is 2. The number of piperidine rings is 1. The van der Waals surface area contributed by atoms with Crippen molar-refractivity contribution in [3.05, 3.63) is 47.3 Å². The zero-order valence-corrected chi connectivity index (χ0v) is 18.0. The van der Waals surface area contributed by atoms with Gasteiger partial charge in [-0.05, 0) is 31.2 Å². The van der Waals surface area contributed by atoms with Gasteiger partial charge in [0.1, 0.15) is 11.8 Å². The van der Waals surface area contributed by atoms with Crippen LogP contribution in [0.25, 0.3) is 0 Å². The number of nitrogens with zero attached hydrogens (tertiary/aromatic N) is 4. The average Bonchev–Trinajstić information content (AvgIpc) is 3.45. The maximum atomic E-state index is 12.2. The molecule has 2 N–H and O–H groups in total. The van der Waals surface area contributed by atoms with E-state index < -0.39 is 0 Å². The lowest BCUT2D eigenvalue weighted by Gasteiger charge is -2.32. The van der Waals surface area contributed by atoms with Crippen LogP contribution in [0.5, 0.6) is 0 Å². The molecule has 1 atom stereocenters. The Kier molecular flexibility index (Phi) is 6.18. The third-order valence-corrected chi connectivity index (χ3v) is 6.84. The fraction of sp³-hybridized carbons (Fsp3) is 0.609. The molecule has 1 unspecified atom stereocenters. The van der Waals surface area contributed by atoms with Gasteiger partial charge in [0.15, 0.2) is 0 Å². The molecule has 166 valence electrons. The maximum absolute atomic E-state index is 12.2. The minimum absolute atomic E-state index is 0.00263. The fourth-order valence-electron chi connectivity index (χ4n) is 4.98. The molecule has 1 aromatic heterocycles. The molecule has 2 fully saturated rings. The lowest BCUT2D eigenvalue weighted by molar-refractivity contribution is -0.00216. The molecule has 8 nitrogen and oxygen atoms in total. The van der Waals surface area contributed by atoms with E-state index >= 15 is 0 Å². The Morgan fingerprint density at radius 2 is 1.74 bits per heavy atom. The number of carbonyl (C=O) groups excluding carboxylic acids is 1. The van der Waals surface area contributed by atoms with Gasteiger partial charge in [0.05, 0.1) is 18.8 Å². The van der Waals surface area contributed by atoms with Crippen molar-refractivity contribution in [2.45, 2.75) is 76.4 Å². The molecule has 31 heavy (non-hydrogen) atoms. The van der Waals surface area contributed by atoms with Crippen LogP contribution in [-0.2, 0) is 24.4 Å². The zero-order chi connectivity index (χ0) is 21.0. The van der Waals surface area contributed by atoms with Crippen molar-refractivity contribution in [2.75, 3.05) is 13.1 Å². The van der Waals surface area contributed by atoms with E-state index in [1.807, 2.05) is 22.9 Å². The highest BCUT2D eigenvalue weighted by Crippen LogP contribution is 2.27. The van der Waals surface area contributed by atoms with Crippen molar-refractivity contribution in [1.82, 2.24) is 30.5 Å². The maximum Gasteiger partial charge on any atom is 0.315 e. The number of fused-ring (bicyclic) bond motifs is 1. The highest BCUT2D eigenvalue weighted by atomic mass is 16.5. The normalized spacial score (nSPS) is 22.9. The highest BCUT2D eigenvalue weighted by molar-refractivity contribution is 5.74. The second kappa shape index (κ2) is 9.36. The van der Waals surface area contributed by atoms with Gasteiger partial charge in [-0.1, -0.05) is 48.4 Å². The topological polar surface area (TPSA) is 84.3 Å². The standard InChI is InChI=1S/C23H32N6O2/c30-23(24-18-8-4-5-9-18)25-19-10-12-28(13-11-19)14-20-21-16-31-22(15-29(21)27-26-20)17-6-2-1-3-7-17/h1-3,6-7,18-19,22H,4-5,8-16H2,(H2,24,25,30). The van der Waals surface area contributed by atoms with Crippen LogP contribution < -0.4 is 10.6 Å². The number of amides is 2. The number of carbonyl (C=O) groups is 1. The van der Waals surface area contributed by atoms with Gasteiger partial charge in [0.2, 0.25) is 0 Å². The summed E-state index contributed by atoms with van der Waals surface area (Å²) in [5, 5.41) is 15.1. The molecule has 2 aromatic rings. The first kappa shape index (κ1) is 20.5. The van der Waals surface area contributed by atoms with Gasteiger partial charge in [0.25, 0.3) is 0 Å². The predicted molar refractivity (Wildman–Crippen MR) is 116 cm³/mol. The van der Waals surface area contributed by atoms with E-state index in [9.17, 15) is 4.79 Å². The number of hydrogen-bond donors (Lipinski definition) is 2. The lowest BCUT2D eigenvalue weighted by Crippen LogP contribution is -2.49. The van der Waals surface area contributed by atoms with E-state index in [-0.39, 0.29) is 18.2 Å². The largest absolute Gasteiger partial charge is 0.365 e. The summed E-state index contributed by atoms with van der Waals surface area (Å²) >= 11 is 0. The van der Waals surface area contributed by atoms with Gasteiger partial charge >= 0.3 is 6.03 Å². The Morgan fingerprint density at radius 3 is 2.48 bits per heavy atom. The fourth-order valence-corrected chi connectivity index (χ4v) is 4.98. The number of likely N-dealkylation sites (tertiary alicyclic amines) is 1. The first-order chi connectivity index (χ1) is 15.2. The molecule has 1 saturated carbocycles. The molecule has 1 aromatic carbocycles. The van der Waals surface area contributed by atoms with Crippen LogP contribution in [0.2, 0.25) is 0 Å². The van der Waals surface area contributed by atoms with Gasteiger partial charge in [-0.25, -0.2) is 9.48 Å². The van der Waals surface area contributed by atoms with Crippen molar-refractivity contribution in [3.63, 3.8) is 0 Å². The Labute approximate surface area is 183 Å². The predicted octanol–water partition coefficient (Wildman–Crippen LogP) is 2.76. The van der Waals surface area contributed by atoms with Crippen molar-refractivity contribution >= 4 is 6.03 Å². The first-order valence-corrected chi connectivity index (χ1v) is 11.6. The molecule has 0 spiro atoms. The summed E-state index contributed by atoms with van der Waals surface area (Å²) in [5.74, 6) is 0.